The Morgan fingerprint density at radius 3 is 2.96 bits per heavy atom. The lowest BCUT2D eigenvalue weighted by molar-refractivity contribution is -0.126. The third-order valence-electron chi connectivity index (χ3n) is 7.49. The molecule has 5 heteroatoms. The molecule has 1 heterocycles. The van der Waals surface area contributed by atoms with Gasteiger partial charge in [-0.05, 0) is 62.8 Å². The van der Waals surface area contributed by atoms with Crippen LogP contribution in [0.15, 0.2) is 0 Å². The minimum atomic E-state index is -0.378. The second-order valence-electron chi connectivity index (χ2n) is 9.53. The minimum Gasteiger partial charge on any atom is -0.392 e. The molecule has 5 atom stereocenters. The van der Waals surface area contributed by atoms with E-state index in [0.717, 1.165) is 44.8 Å². The van der Waals surface area contributed by atoms with E-state index < -0.39 is 0 Å². The average molecular weight is 376 g/mol. The highest BCUT2D eigenvalue weighted by Crippen LogP contribution is 2.46. The number of piperidine rings is 1. The Kier molecular flexibility index (Phi) is 7.16. The van der Waals surface area contributed by atoms with Crippen LogP contribution in [0.3, 0.4) is 0 Å². The van der Waals surface area contributed by atoms with E-state index in [9.17, 15) is 9.90 Å². The number of aliphatic hydroxyl groups excluding tert-OH is 1. The molecule has 0 aromatic carbocycles. The molecule has 2 N–H and O–H groups in total. The van der Waals surface area contributed by atoms with E-state index in [-0.39, 0.29) is 23.8 Å². The summed E-state index contributed by atoms with van der Waals surface area (Å²) in [6, 6.07) is 2.31. The Labute approximate surface area is 164 Å². The molecular formula is C22H37N3O2. The fourth-order valence-corrected chi connectivity index (χ4v) is 5.54. The summed E-state index contributed by atoms with van der Waals surface area (Å²) < 4.78 is 0. The maximum absolute atomic E-state index is 12.3. The summed E-state index contributed by atoms with van der Waals surface area (Å²) >= 11 is 0. The van der Waals surface area contributed by atoms with Crippen LogP contribution in [0.2, 0.25) is 0 Å². The van der Waals surface area contributed by atoms with Crippen LogP contribution in [0.4, 0.5) is 0 Å². The SMILES string of the molecule is C[C@]12CCCCC1CN(CC(O)CCNC(=O)C1CCC[C@H](C#N)C1)CC2. The summed E-state index contributed by atoms with van der Waals surface area (Å²) in [6.07, 6.45) is 10.4. The van der Waals surface area contributed by atoms with Gasteiger partial charge >= 0.3 is 0 Å². The van der Waals surface area contributed by atoms with Crippen molar-refractivity contribution in [2.75, 3.05) is 26.2 Å². The number of fused-ring (bicyclic) bond motifs is 1. The number of β-amino-alcohol motifs (C(OH)–C–C–N with tert-alkyl or cyclic N) is 1. The molecule has 3 unspecified atom stereocenters. The third kappa shape index (κ3) is 5.45. The number of hydrogen-bond donors (Lipinski definition) is 2. The van der Waals surface area contributed by atoms with Crippen LogP contribution >= 0.6 is 0 Å². The van der Waals surface area contributed by atoms with Crippen molar-refractivity contribution in [3.05, 3.63) is 0 Å². The van der Waals surface area contributed by atoms with Gasteiger partial charge in [0.1, 0.15) is 0 Å². The lowest BCUT2D eigenvalue weighted by atomic mass is 9.64. The number of nitrogens with zero attached hydrogens (tertiary/aromatic N) is 2. The molecule has 2 aliphatic carbocycles. The first kappa shape index (κ1) is 20.6. The van der Waals surface area contributed by atoms with Crippen LogP contribution < -0.4 is 5.32 Å². The molecule has 1 aliphatic heterocycles. The van der Waals surface area contributed by atoms with Crippen molar-refractivity contribution in [3.8, 4) is 6.07 Å². The zero-order chi connectivity index (χ0) is 19.3. The fourth-order valence-electron chi connectivity index (χ4n) is 5.54. The first-order valence-corrected chi connectivity index (χ1v) is 11.1. The van der Waals surface area contributed by atoms with Gasteiger partial charge in [-0.15, -0.1) is 0 Å². The van der Waals surface area contributed by atoms with Gasteiger partial charge in [-0.25, -0.2) is 0 Å². The van der Waals surface area contributed by atoms with E-state index in [0.29, 0.717) is 24.8 Å². The zero-order valence-corrected chi connectivity index (χ0v) is 17.0. The molecule has 1 saturated heterocycles. The number of carbonyl (C=O) groups excluding carboxylic acids is 1. The summed E-state index contributed by atoms with van der Waals surface area (Å²) in [6.45, 7) is 5.93. The van der Waals surface area contributed by atoms with Crippen LogP contribution in [-0.2, 0) is 4.79 Å². The van der Waals surface area contributed by atoms with Gasteiger partial charge in [-0.3, -0.25) is 4.79 Å². The highest BCUT2D eigenvalue weighted by molar-refractivity contribution is 5.78. The van der Waals surface area contributed by atoms with Gasteiger partial charge in [-0.2, -0.15) is 5.26 Å². The Balaban J connectivity index is 1.34. The van der Waals surface area contributed by atoms with Crippen LogP contribution in [0.1, 0.15) is 71.1 Å². The van der Waals surface area contributed by atoms with E-state index in [4.69, 9.17) is 5.26 Å². The maximum Gasteiger partial charge on any atom is 0.223 e. The van der Waals surface area contributed by atoms with Crippen LogP contribution in [0.25, 0.3) is 0 Å². The average Bonchev–Trinajstić information content (AvgIpc) is 2.68. The number of nitrogens with one attached hydrogen (secondary N) is 1. The van der Waals surface area contributed by atoms with Crippen molar-refractivity contribution < 1.29 is 9.90 Å². The third-order valence-corrected chi connectivity index (χ3v) is 7.49. The fraction of sp³-hybridized carbons (Fsp3) is 0.909. The predicted molar refractivity (Wildman–Crippen MR) is 106 cm³/mol. The molecule has 0 bridgehead atoms. The molecule has 2 saturated carbocycles. The van der Waals surface area contributed by atoms with Gasteiger partial charge in [0.25, 0.3) is 0 Å². The van der Waals surface area contributed by atoms with Gasteiger partial charge < -0.3 is 15.3 Å². The van der Waals surface area contributed by atoms with E-state index in [1.807, 2.05) is 0 Å². The molecule has 0 spiro atoms. The number of nitriles is 1. The quantitative estimate of drug-likeness (QED) is 0.748. The monoisotopic (exact) mass is 375 g/mol. The Morgan fingerprint density at radius 1 is 1.30 bits per heavy atom. The van der Waals surface area contributed by atoms with Crippen molar-refractivity contribution in [1.29, 1.82) is 5.26 Å². The van der Waals surface area contributed by atoms with Gasteiger partial charge in [0.2, 0.25) is 5.91 Å². The summed E-state index contributed by atoms with van der Waals surface area (Å²) in [7, 11) is 0. The second kappa shape index (κ2) is 9.39. The van der Waals surface area contributed by atoms with Crippen molar-refractivity contribution in [3.63, 3.8) is 0 Å². The number of hydrogen-bond acceptors (Lipinski definition) is 4. The molecule has 3 rings (SSSR count). The minimum absolute atomic E-state index is 0.0217. The number of carbonyl (C=O) groups is 1. The topological polar surface area (TPSA) is 76.4 Å². The molecule has 1 amide bonds. The van der Waals surface area contributed by atoms with Crippen molar-refractivity contribution in [2.24, 2.45) is 23.2 Å². The number of likely N-dealkylation sites (tertiary alicyclic amines) is 1. The number of amides is 1. The normalized spacial score (nSPS) is 35.7. The van der Waals surface area contributed by atoms with Crippen molar-refractivity contribution in [1.82, 2.24) is 10.2 Å². The van der Waals surface area contributed by atoms with Crippen LogP contribution in [0.5, 0.6) is 0 Å². The van der Waals surface area contributed by atoms with E-state index >= 15 is 0 Å². The molecular weight excluding hydrogens is 338 g/mol. The highest BCUT2D eigenvalue weighted by atomic mass is 16.3. The van der Waals surface area contributed by atoms with Crippen molar-refractivity contribution in [2.45, 2.75) is 77.2 Å². The first-order chi connectivity index (χ1) is 13.0. The lowest BCUT2D eigenvalue weighted by Gasteiger charge is -2.49. The van der Waals surface area contributed by atoms with E-state index in [1.54, 1.807) is 0 Å². The van der Waals surface area contributed by atoms with Gasteiger partial charge in [-0.1, -0.05) is 26.2 Å². The highest BCUT2D eigenvalue weighted by Gasteiger charge is 2.40. The van der Waals surface area contributed by atoms with Crippen LogP contribution in [-0.4, -0.2) is 48.2 Å². The Hall–Kier alpha value is -1.12. The summed E-state index contributed by atoms with van der Waals surface area (Å²) in [4.78, 5) is 14.7. The Bertz CT molecular complexity index is 546. The van der Waals surface area contributed by atoms with Crippen LogP contribution in [0, 0.1) is 34.5 Å². The molecule has 3 fully saturated rings. The smallest absolute Gasteiger partial charge is 0.223 e. The molecule has 0 aromatic heterocycles. The van der Waals surface area contributed by atoms with E-state index in [2.05, 4.69) is 23.2 Å². The predicted octanol–water partition coefficient (Wildman–Crippen LogP) is 3.09. The zero-order valence-electron chi connectivity index (χ0n) is 17.0. The van der Waals surface area contributed by atoms with Gasteiger partial charge in [0.15, 0.2) is 0 Å². The summed E-state index contributed by atoms with van der Waals surface area (Å²) in [5, 5.41) is 22.5. The Morgan fingerprint density at radius 2 is 2.15 bits per heavy atom. The maximum atomic E-state index is 12.3. The molecule has 3 aliphatic rings. The molecule has 152 valence electrons. The lowest BCUT2D eigenvalue weighted by Crippen LogP contribution is -2.49. The first-order valence-electron chi connectivity index (χ1n) is 11.1. The van der Waals surface area contributed by atoms with Gasteiger partial charge in [0, 0.05) is 31.5 Å². The largest absolute Gasteiger partial charge is 0.392 e. The van der Waals surface area contributed by atoms with Crippen molar-refractivity contribution >= 4 is 5.91 Å². The molecule has 0 radical (unpaired) electrons. The van der Waals surface area contributed by atoms with Gasteiger partial charge in [0.05, 0.1) is 12.2 Å². The molecule has 5 nitrogen and oxygen atoms in total. The van der Waals surface area contributed by atoms with E-state index in [1.165, 1.54) is 32.1 Å². The molecule has 0 aromatic rings. The molecule has 27 heavy (non-hydrogen) atoms. The summed E-state index contributed by atoms with van der Waals surface area (Å²) in [5.74, 6) is 0.862. The second-order valence-corrected chi connectivity index (χ2v) is 9.53. The number of aliphatic hydroxyl groups is 1. The standard InChI is InChI=1S/C22H37N3O2/c1-22-9-3-2-7-19(22)15-25(12-10-22)16-20(26)8-11-24-21(27)18-6-4-5-17(13-18)14-23/h17-20,26H,2-13,15-16H2,1H3,(H,24,27)/t17-,18?,19?,20?,22+/m0/s1. The summed E-state index contributed by atoms with van der Waals surface area (Å²) in [5.41, 5.74) is 0.523. The number of rotatable bonds is 6.